The van der Waals surface area contributed by atoms with Gasteiger partial charge in [0.25, 0.3) is 0 Å². The molecule has 0 aliphatic rings. The first kappa shape index (κ1) is 23.5. The second-order valence-corrected chi connectivity index (χ2v) is 8.14. The van der Waals surface area contributed by atoms with Crippen molar-refractivity contribution in [1.29, 1.82) is 0 Å². The third-order valence-electron chi connectivity index (χ3n) is 4.51. The second-order valence-electron chi connectivity index (χ2n) is 7.16. The molecule has 29 heavy (non-hydrogen) atoms. The summed E-state index contributed by atoms with van der Waals surface area (Å²) in [5.74, 6) is 2.52. The van der Waals surface area contributed by atoms with Crippen molar-refractivity contribution in [3.8, 4) is 11.5 Å². The number of nitrogens with one attached hydrogen (secondary N) is 1. The van der Waals surface area contributed by atoms with E-state index < -0.39 is 6.10 Å². The molecule has 0 unspecified atom stereocenters. The Labute approximate surface area is 179 Å². The molecule has 2 N–H and O–H groups in total. The Balaban J connectivity index is 1.81. The largest absolute Gasteiger partial charge is 0.493 e. The molecular formula is C23H34N2O3S. The van der Waals surface area contributed by atoms with Crippen molar-refractivity contribution in [1.82, 2.24) is 10.2 Å². The van der Waals surface area contributed by atoms with Gasteiger partial charge in [-0.25, -0.2) is 0 Å². The lowest BCUT2D eigenvalue weighted by atomic mass is 10.2. The molecule has 2 aromatic rings. The fourth-order valence-electron chi connectivity index (χ4n) is 3.08. The molecule has 6 heteroatoms. The zero-order chi connectivity index (χ0) is 20.9. The number of nitrogens with zero attached hydrogens (tertiary/aromatic N) is 1. The Morgan fingerprint density at radius 3 is 2.62 bits per heavy atom. The molecule has 0 saturated carbocycles. The van der Waals surface area contributed by atoms with Gasteiger partial charge in [-0.05, 0) is 55.3 Å². The summed E-state index contributed by atoms with van der Waals surface area (Å²) in [7, 11) is 3.63. The van der Waals surface area contributed by atoms with Gasteiger partial charge < -0.3 is 19.9 Å². The monoisotopic (exact) mass is 418 g/mol. The molecule has 5 nitrogen and oxygen atoms in total. The van der Waals surface area contributed by atoms with Crippen LogP contribution in [0.15, 0.2) is 48.5 Å². The molecule has 0 fully saturated rings. The van der Waals surface area contributed by atoms with Crippen LogP contribution in [0.1, 0.15) is 17.5 Å². The van der Waals surface area contributed by atoms with Gasteiger partial charge in [-0.1, -0.05) is 36.4 Å². The highest BCUT2D eigenvalue weighted by atomic mass is 32.2. The van der Waals surface area contributed by atoms with E-state index in [1.165, 1.54) is 11.3 Å². The SMILES string of the molecule is COc1ccc(CNCCCSC)cc1OC[C@H](O)CN(C)Cc1ccccc1. The van der Waals surface area contributed by atoms with Crippen molar-refractivity contribution >= 4 is 11.8 Å². The molecule has 1 atom stereocenters. The number of benzene rings is 2. The molecule has 0 amide bonds. The Morgan fingerprint density at radius 2 is 1.90 bits per heavy atom. The zero-order valence-electron chi connectivity index (χ0n) is 17.8. The number of rotatable bonds is 14. The summed E-state index contributed by atoms with van der Waals surface area (Å²) in [5, 5.41) is 13.8. The highest BCUT2D eigenvalue weighted by Crippen LogP contribution is 2.28. The zero-order valence-corrected chi connectivity index (χ0v) is 18.6. The van der Waals surface area contributed by atoms with Crippen LogP contribution in [-0.2, 0) is 13.1 Å². The fraction of sp³-hybridized carbons (Fsp3) is 0.478. The molecule has 0 spiro atoms. The molecule has 0 aliphatic carbocycles. The Hall–Kier alpha value is -1.73. The van der Waals surface area contributed by atoms with Crippen LogP contribution >= 0.6 is 11.8 Å². The smallest absolute Gasteiger partial charge is 0.161 e. The first-order valence-corrected chi connectivity index (χ1v) is 11.4. The molecule has 2 rings (SSSR count). The summed E-state index contributed by atoms with van der Waals surface area (Å²) in [5.41, 5.74) is 2.36. The lowest BCUT2D eigenvalue weighted by Gasteiger charge is -2.21. The van der Waals surface area contributed by atoms with Crippen molar-refractivity contribution in [2.45, 2.75) is 25.6 Å². The molecule has 0 aromatic heterocycles. The number of hydrogen-bond donors (Lipinski definition) is 2. The maximum atomic E-state index is 10.4. The molecule has 2 aromatic carbocycles. The van der Waals surface area contributed by atoms with E-state index in [0.29, 0.717) is 18.0 Å². The molecular weight excluding hydrogens is 384 g/mol. The lowest BCUT2D eigenvalue weighted by Crippen LogP contribution is -2.32. The first-order valence-electron chi connectivity index (χ1n) is 10.0. The summed E-state index contributed by atoms with van der Waals surface area (Å²) in [4.78, 5) is 2.09. The van der Waals surface area contributed by atoms with Crippen LogP contribution in [0.25, 0.3) is 0 Å². The number of aliphatic hydroxyl groups is 1. The van der Waals surface area contributed by atoms with Crippen LogP contribution in [-0.4, -0.2) is 62.0 Å². The average Bonchev–Trinajstić information content (AvgIpc) is 2.73. The van der Waals surface area contributed by atoms with Gasteiger partial charge in [0.05, 0.1) is 7.11 Å². The van der Waals surface area contributed by atoms with Gasteiger partial charge in [-0.2, -0.15) is 11.8 Å². The molecule has 0 saturated heterocycles. The fourth-order valence-corrected chi connectivity index (χ4v) is 3.51. The maximum absolute atomic E-state index is 10.4. The van der Waals surface area contributed by atoms with E-state index in [0.717, 1.165) is 31.6 Å². The minimum atomic E-state index is -0.582. The second kappa shape index (κ2) is 13.5. The minimum Gasteiger partial charge on any atom is -0.493 e. The number of likely N-dealkylation sites (N-methyl/N-ethyl adjacent to an activating group) is 1. The highest BCUT2D eigenvalue weighted by Gasteiger charge is 2.12. The van der Waals surface area contributed by atoms with Crippen molar-refractivity contribution in [3.05, 3.63) is 59.7 Å². The molecule has 0 aliphatic heterocycles. The van der Waals surface area contributed by atoms with E-state index in [1.54, 1.807) is 7.11 Å². The minimum absolute atomic E-state index is 0.222. The van der Waals surface area contributed by atoms with Crippen molar-refractivity contribution in [2.75, 3.05) is 45.9 Å². The summed E-state index contributed by atoms with van der Waals surface area (Å²) in [6.07, 6.45) is 2.70. The Bertz CT molecular complexity index is 700. The summed E-state index contributed by atoms with van der Waals surface area (Å²) in [6.45, 7) is 3.33. The van der Waals surface area contributed by atoms with Crippen LogP contribution in [0.3, 0.4) is 0 Å². The third kappa shape index (κ3) is 9.09. The van der Waals surface area contributed by atoms with Crippen LogP contribution in [0.4, 0.5) is 0 Å². The number of methoxy groups -OCH3 is 1. The van der Waals surface area contributed by atoms with Gasteiger partial charge in [0.2, 0.25) is 0 Å². The Morgan fingerprint density at radius 1 is 1.10 bits per heavy atom. The van der Waals surface area contributed by atoms with Gasteiger partial charge in [-0.15, -0.1) is 0 Å². The quantitative estimate of drug-likeness (QED) is 0.459. The maximum Gasteiger partial charge on any atom is 0.161 e. The van der Waals surface area contributed by atoms with Crippen molar-refractivity contribution in [2.24, 2.45) is 0 Å². The summed E-state index contributed by atoms with van der Waals surface area (Å²) >= 11 is 1.87. The summed E-state index contributed by atoms with van der Waals surface area (Å²) < 4.78 is 11.3. The van der Waals surface area contributed by atoms with Gasteiger partial charge in [0, 0.05) is 19.6 Å². The molecule has 160 valence electrons. The predicted molar refractivity (Wildman–Crippen MR) is 122 cm³/mol. The predicted octanol–water partition coefficient (Wildman–Crippen LogP) is 3.41. The van der Waals surface area contributed by atoms with Gasteiger partial charge >= 0.3 is 0 Å². The van der Waals surface area contributed by atoms with Gasteiger partial charge in [0.15, 0.2) is 11.5 Å². The van der Waals surface area contributed by atoms with Gasteiger partial charge in [0.1, 0.15) is 12.7 Å². The van der Waals surface area contributed by atoms with E-state index in [4.69, 9.17) is 9.47 Å². The van der Waals surface area contributed by atoms with E-state index >= 15 is 0 Å². The summed E-state index contributed by atoms with van der Waals surface area (Å²) in [6, 6.07) is 16.2. The number of aliphatic hydroxyl groups excluding tert-OH is 1. The number of thioether (sulfide) groups is 1. The van der Waals surface area contributed by atoms with Crippen molar-refractivity contribution in [3.63, 3.8) is 0 Å². The normalized spacial score (nSPS) is 12.2. The number of ether oxygens (including phenoxy) is 2. The van der Waals surface area contributed by atoms with Crippen LogP contribution < -0.4 is 14.8 Å². The van der Waals surface area contributed by atoms with Crippen LogP contribution in [0, 0.1) is 0 Å². The molecule has 0 heterocycles. The third-order valence-corrected chi connectivity index (χ3v) is 5.21. The molecule has 0 radical (unpaired) electrons. The van der Waals surface area contributed by atoms with E-state index in [1.807, 2.05) is 55.2 Å². The Kier molecular flexibility index (Phi) is 11.0. The van der Waals surface area contributed by atoms with Gasteiger partial charge in [-0.3, -0.25) is 4.90 Å². The molecule has 0 bridgehead atoms. The highest BCUT2D eigenvalue weighted by molar-refractivity contribution is 7.98. The van der Waals surface area contributed by atoms with Crippen molar-refractivity contribution < 1.29 is 14.6 Å². The number of hydrogen-bond acceptors (Lipinski definition) is 6. The van der Waals surface area contributed by atoms with Crippen LogP contribution in [0.5, 0.6) is 11.5 Å². The van der Waals surface area contributed by atoms with E-state index in [2.05, 4.69) is 28.6 Å². The lowest BCUT2D eigenvalue weighted by molar-refractivity contribution is 0.0732. The standard InChI is InChI=1S/C23H34N2O3S/c1-25(16-19-8-5-4-6-9-19)17-21(26)18-28-23-14-20(10-11-22(23)27-2)15-24-12-7-13-29-3/h4-6,8-11,14,21,24,26H,7,12-13,15-18H2,1-3H3/t21-/m1/s1. The average molecular weight is 419 g/mol. The van der Waals surface area contributed by atoms with Crippen LogP contribution in [0.2, 0.25) is 0 Å². The topological polar surface area (TPSA) is 54.0 Å². The van der Waals surface area contributed by atoms with E-state index in [9.17, 15) is 5.11 Å². The first-order chi connectivity index (χ1) is 14.1. The van der Waals surface area contributed by atoms with E-state index in [-0.39, 0.29) is 6.61 Å².